The highest BCUT2D eigenvalue weighted by Gasteiger charge is 2.31. The number of hydrogen-bond donors (Lipinski definition) is 2. The third kappa shape index (κ3) is 4.80. The molecule has 1 saturated heterocycles. The summed E-state index contributed by atoms with van der Waals surface area (Å²) in [6, 6.07) is 7.40. The second-order valence-electron chi connectivity index (χ2n) is 7.06. The number of carbonyl (C=O) groups is 2. The van der Waals surface area contributed by atoms with Crippen molar-refractivity contribution in [3.05, 3.63) is 35.4 Å². The maximum absolute atomic E-state index is 12.6. The van der Waals surface area contributed by atoms with Gasteiger partial charge in [-0.25, -0.2) is 0 Å². The van der Waals surface area contributed by atoms with Crippen LogP contribution in [0, 0.1) is 12.8 Å². The van der Waals surface area contributed by atoms with Crippen LogP contribution in [0.4, 0.5) is 0 Å². The molecule has 2 unspecified atom stereocenters. The maximum atomic E-state index is 12.6. The minimum absolute atomic E-state index is 0.0246. The van der Waals surface area contributed by atoms with Crippen molar-refractivity contribution in [1.82, 2.24) is 10.2 Å². The topological polar surface area (TPSA) is 84.7 Å². The number of ether oxygens (including phenoxy) is 1. The molecule has 0 saturated carbocycles. The lowest BCUT2D eigenvalue weighted by Gasteiger charge is -2.38. The van der Waals surface area contributed by atoms with Gasteiger partial charge >= 0.3 is 0 Å². The molecule has 2 rings (SSSR count). The largest absolute Gasteiger partial charge is 0.370 e. The Balaban J connectivity index is 1.98. The lowest BCUT2D eigenvalue weighted by atomic mass is 10.0. The molecule has 0 bridgehead atoms. The molecule has 6 heteroatoms. The van der Waals surface area contributed by atoms with Gasteiger partial charge in [0.05, 0.1) is 31.8 Å². The third-order valence-corrected chi connectivity index (χ3v) is 4.72. The van der Waals surface area contributed by atoms with Crippen LogP contribution in [-0.4, -0.2) is 48.5 Å². The number of nitrogens with one attached hydrogen (secondary N) is 1. The summed E-state index contributed by atoms with van der Waals surface area (Å²) in [6.07, 6.45) is -0.144. The molecule has 1 aliphatic heterocycles. The first-order chi connectivity index (χ1) is 11.8. The van der Waals surface area contributed by atoms with Crippen molar-refractivity contribution in [2.75, 3.05) is 19.7 Å². The highest BCUT2D eigenvalue weighted by atomic mass is 16.5. The van der Waals surface area contributed by atoms with E-state index in [0.29, 0.717) is 13.2 Å². The molecule has 0 radical (unpaired) electrons. The fourth-order valence-electron chi connectivity index (χ4n) is 2.93. The number of benzene rings is 1. The molecule has 6 nitrogen and oxygen atoms in total. The van der Waals surface area contributed by atoms with Crippen LogP contribution in [0.3, 0.4) is 0 Å². The first-order valence-corrected chi connectivity index (χ1v) is 8.81. The van der Waals surface area contributed by atoms with Crippen molar-refractivity contribution in [2.24, 2.45) is 11.7 Å². The Morgan fingerprint density at radius 2 is 2.04 bits per heavy atom. The molecule has 1 aromatic rings. The van der Waals surface area contributed by atoms with Crippen LogP contribution in [0.2, 0.25) is 0 Å². The lowest BCUT2D eigenvalue weighted by molar-refractivity contribution is -0.144. The molecular formula is C19H29N3O3. The van der Waals surface area contributed by atoms with Crippen LogP contribution < -0.4 is 11.1 Å². The number of nitrogens with zero attached hydrogens (tertiary/aromatic N) is 1. The van der Waals surface area contributed by atoms with E-state index in [-0.39, 0.29) is 36.4 Å². The summed E-state index contributed by atoms with van der Waals surface area (Å²) in [4.78, 5) is 26.3. The minimum Gasteiger partial charge on any atom is -0.370 e. The Hall–Kier alpha value is -1.92. The highest BCUT2D eigenvalue weighted by molar-refractivity contribution is 5.87. The van der Waals surface area contributed by atoms with Crippen LogP contribution in [0.25, 0.3) is 0 Å². The number of nitrogens with two attached hydrogens (primary N) is 1. The normalized spacial score (nSPS) is 21.9. The number of carbonyl (C=O) groups excluding carboxylic acids is 2. The van der Waals surface area contributed by atoms with E-state index >= 15 is 0 Å². The zero-order valence-electron chi connectivity index (χ0n) is 15.5. The molecular weight excluding hydrogens is 318 g/mol. The van der Waals surface area contributed by atoms with E-state index in [9.17, 15) is 9.59 Å². The predicted molar refractivity (Wildman–Crippen MR) is 96.9 cm³/mol. The van der Waals surface area contributed by atoms with Gasteiger partial charge < -0.3 is 20.7 Å². The van der Waals surface area contributed by atoms with Crippen LogP contribution in [-0.2, 0) is 14.3 Å². The Morgan fingerprint density at radius 3 is 2.68 bits per heavy atom. The SMILES string of the molecule is Cc1ccccc1C1CN(C(=O)CNC(=O)[C@@H](N)C(C)C)C(C)CO1. The van der Waals surface area contributed by atoms with Crippen molar-refractivity contribution in [1.29, 1.82) is 0 Å². The lowest BCUT2D eigenvalue weighted by Crippen LogP contribution is -2.53. The standard InChI is InChI=1S/C19H29N3O3/c1-12(2)18(20)19(24)21-9-17(23)22-10-16(25-11-14(22)4)15-8-6-5-7-13(15)3/h5-8,12,14,16,18H,9-11,20H2,1-4H3,(H,21,24)/t14?,16?,18-/m0/s1. The second kappa shape index (κ2) is 8.45. The monoisotopic (exact) mass is 347 g/mol. The molecule has 1 aromatic carbocycles. The second-order valence-corrected chi connectivity index (χ2v) is 7.06. The van der Waals surface area contributed by atoms with Gasteiger partial charge in [0, 0.05) is 0 Å². The first kappa shape index (κ1) is 19.4. The van der Waals surface area contributed by atoms with E-state index in [0.717, 1.165) is 11.1 Å². The fourth-order valence-corrected chi connectivity index (χ4v) is 2.93. The van der Waals surface area contributed by atoms with Gasteiger partial charge in [0.2, 0.25) is 11.8 Å². The molecule has 0 aromatic heterocycles. The molecule has 3 atom stereocenters. The van der Waals surface area contributed by atoms with E-state index in [2.05, 4.69) is 5.32 Å². The molecule has 2 amide bonds. The fraction of sp³-hybridized carbons (Fsp3) is 0.579. The molecule has 0 spiro atoms. The summed E-state index contributed by atoms with van der Waals surface area (Å²) in [7, 11) is 0. The number of aryl methyl sites for hydroxylation is 1. The zero-order chi connectivity index (χ0) is 18.6. The number of amides is 2. The van der Waals surface area contributed by atoms with Gasteiger partial charge in [-0.3, -0.25) is 9.59 Å². The Bertz CT molecular complexity index is 618. The van der Waals surface area contributed by atoms with Gasteiger partial charge in [0.25, 0.3) is 0 Å². The molecule has 25 heavy (non-hydrogen) atoms. The average Bonchev–Trinajstić information content (AvgIpc) is 2.59. The Morgan fingerprint density at radius 1 is 1.36 bits per heavy atom. The predicted octanol–water partition coefficient (Wildman–Crippen LogP) is 1.38. The molecule has 1 fully saturated rings. The van der Waals surface area contributed by atoms with Crippen molar-refractivity contribution < 1.29 is 14.3 Å². The van der Waals surface area contributed by atoms with Gasteiger partial charge in [-0.1, -0.05) is 38.1 Å². The van der Waals surface area contributed by atoms with Gasteiger partial charge in [0.15, 0.2) is 0 Å². The summed E-state index contributed by atoms with van der Waals surface area (Å²) < 4.78 is 5.93. The number of morpholine rings is 1. The van der Waals surface area contributed by atoms with E-state index < -0.39 is 6.04 Å². The van der Waals surface area contributed by atoms with Crippen molar-refractivity contribution in [3.63, 3.8) is 0 Å². The van der Waals surface area contributed by atoms with Crippen LogP contribution in [0.1, 0.15) is 38.0 Å². The molecule has 1 heterocycles. The molecule has 138 valence electrons. The van der Waals surface area contributed by atoms with Crippen molar-refractivity contribution in [2.45, 2.75) is 45.9 Å². The zero-order valence-corrected chi connectivity index (χ0v) is 15.5. The van der Waals surface area contributed by atoms with E-state index in [1.54, 1.807) is 4.90 Å². The summed E-state index contributed by atoms with van der Waals surface area (Å²) in [5.41, 5.74) is 8.05. The van der Waals surface area contributed by atoms with Gasteiger partial charge in [-0.2, -0.15) is 0 Å². The molecule has 0 aliphatic carbocycles. The van der Waals surface area contributed by atoms with Gasteiger partial charge in [-0.05, 0) is 30.9 Å². The summed E-state index contributed by atoms with van der Waals surface area (Å²) in [5, 5.41) is 2.65. The molecule has 1 aliphatic rings. The highest BCUT2D eigenvalue weighted by Crippen LogP contribution is 2.27. The van der Waals surface area contributed by atoms with Crippen molar-refractivity contribution >= 4 is 11.8 Å². The van der Waals surface area contributed by atoms with Gasteiger partial charge in [-0.15, -0.1) is 0 Å². The number of hydrogen-bond acceptors (Lipinski definition) is 4. The first-order valence-electron chi connectivity index (χ1n) is 8.81. The summed E-state index contributed by atoms with van der Waals surface area (Å²) in [5.74, 6) is -0.374. The quantitative estimate of drug-likeness (QED) is 0.843. The third-order valence-electron chi connectivity index (χ3n) is 4.72. The average molecular weight is 347 g/mol. The van der Waals surface area contributed by atoms with E-state index in [1.165, 1.54) is 0 Å². The van der Waals surface area contributed by atoms with Crippen LogP contribution in [0.5, 0.6) is 0 Å². The minimum atomic E-state index is -0.602. The number of rotatable bonds is 5. The smallest absolute Gasteiger partial charge is 0.242 e. The van der Waals surface area contributed by atoms with Crippen LogP contribution >= 0.6 is 0 Å². The van der Waals surface area contributed by atoms with Crippen molar-refractivity contribution in [3.8, 4) is 0 Å². The Labute approximate surface area is 149 Å². The van der Waals surface area contributed by atoms with E-state index in [4.69, 9.17) is 10.5 Å². The van der Waals surface area contributed by atoms with E-state index in [1.807, 2.05) is 52.0 Å². The van der Waals surface area contributed by atoms with Gasteiger partial charge in [0.1, 0.15) is 6.10 Å². The Kier molecular flexibility index (Phi) is 6.56. The molecule has 3 N–H and O–H groups in total. The summed E-state index contributed by atoms with van der Waals surface area (Å²) in [6.45, 7) is 8.67. The summed E-state index contributed by atoms with van der Waals surface area (Å²) >= 11 is 0. The van der Waals surface area contributed by atoms with Crippen LogP contribution in [0.15, 0.2) is 24.3 Å². The maximum Gasteiger partial charge on any atom is 0.242 e.